The van der Waals surface area contributed by atoms with Gasteiger partial charge in [-0.3, -0.25) is 10.1 Å². The molecule has 1 aliphatic heterocycles. The van der Waals surface area contributed by atoms with Crippen molar-refractivity contribution >= 4 is 32.4 Å². The molecule has 9 heteroatoms. The minimum Gasteiger partial charge on any atom is -0.484 e. The molecule has 0 radical (unpaired) electrons. The number of fused-ring (bicyclic) bond motifs is 1. The number of thiazole rings is 1. The number of benzene rings is 1. The van der Waals surface area contributed by atoms with Gasteiger partial charge >= 0.3 is 0 Å². The maximum Gasteiger partial charge on any atom is 0.264 e. The minimum absolute atomic E-state index is 0.107. The highest BCUT2D eigenvalue weighted by atomic mass is 32.2. The summed E-state index contributed by atoms with van der Waals surface area (Å²) in [5, 5.41) is 3.17. The quantitative estimate of drug-likeness (QED) is 0.865. The molecule has 0 spiro atoms. The maximum atomic E-state index is 11.9. The summed E-state index contributed by atoms with van der Waals surface area (Å²) >= 11 is 1.30. The van der Waals surface area contributed by atoms with E-state index in [2.05, 4.69) is 10.3 Å². The van der Waals surface area contributed by atoms with Gasteiger partial charge in [-0.25, -0.2) is 13.4 Å². The second kappa shape index (κ2) is 6.88. The lowest BCUT2D eigenvalue weighted by molar-refractivity contribution is -0.118. The van der Waals surface area contributed by atoms with Crippen LogP contribution in [0, 0.1) is 0 Å². The van der Waals surface area contributed by atoms with Gasteiger partial charge in [-0.05, 0) is 12.1 Å². The highest BCUT2D eigenvalue weighted by molar-refractivity contribution is 7.88. The van der Waals surface area contributed by atoms with Crippen molar-refractivity contribution in [2.75, 3.05) is 24.7 Å². The summed E-state index contributed by atoms with van der Waals surface area (Å²) in [5.41, 5.74) is 0.846. The molecule has 0 fully saturated rings. The number of para-hydroxylation sites is 1. The van der Waals surface area contributed by atoms with Crippen LogP contribution in [0.4, 0.5) is 5.13 Å². The van der Waals surface area contributed by atoms with Gasteiger partial charge in [0.1, 0.15) is 5.75 Å². The Labute approximate surface area is 144 Å². The van der Waals surface area contributed by atoms with Gasteiger partial charge in [-0.15, -0.1) is 11.3 Å². The summed E-state index contributed by atoms with van der Waals surface area (Å²) < 4.78 is 30.0. The van der Waals surface area contributed by atoms with Gasteiger partial charge in [0, 0.05) is 24.4 Å². The highest BCUT2D eigenvalue weighted by Crippen LogP contribution is 2.29. The topological polar surface area (TPSA) is 88.6 Å². The summed E-state index contributed by atoms with van der Waals surface area (Å²) in [6.45, 7) is 0.617. The van der Waals surface area contributed by atoms with Crippen molar-refractivity contribution in [3.63, 3.8) is 0 Å². The number of amides is 1. The molecule has 1 N–H and O–H groups in total. The number of carbonyl (C=O) groups excluding carboxylic acids is 1. The Bertz CT molecular complexity index is 834. The van der Waals surface area contributed by atoms with Crippen LogP contribution in [0.2, 0.25) is 0 Å². The Hall–Kier alpha value is -1.97. The molecule has 1 aromatic heterocycles. The largest absolute Gasteiger partial charge is 0.484 e. The van der Waals surface area contributed by atoms with E-state index in [9.17, 15) is 13.2 Å². The third-order valence-corrected chi connectivity index (χ3v) is 5.77. The first-order valence-electron chi connectivity index (χ1n) is 7.33. The van der Waals surface area contributed by atoms with Crippen LogP contribution in [0.5, 0.6) is 5.75 Å². The fourth-order valence-corrected chi connectivity index (χ4v) is 4.24. The van der Waals surface area contributed by atoms with Crippen molar-refractivity contribution in [2.45, 2.75) is 13.0 Å². The Morgan fingerprint density at radius 3 is 2.83 bits per heavy atom. The molecule has 0 aliphatic carbocycles. The number of rotatable bonds is 5. The van der Waals surface area contributed by atoms with E-state index >= 15 is 0 Å². The average Bonchev–Trinajstić information content (AvgIpc) is 2.94. The molecule has 0 saturated heterocycles. The number of carbonyl (C=O) groups is 1. The van der Waals surface area contributed by atoms with Crippen LogP contribution in [-0.2, 0) is 27.8 Å². The van der Waals surface area contributed by atoms with Gasteiger partial charge in [-0.2, -0.15) is 4.31 Å². The van der Waals surface area contributed by atoms with Gasteiger partial charge in [0.2, 0.25) is 10.0 Å². The number of ether oxygens (including phenoxy) is 1. The Kier molecular flexibility index (Phi) is 4.83. The SMILES string of the molecule is CS(=O)(=O)N1CCc2nc(NC(=O)COc3ccccc3)sc2C1. The van der Waals surface area contributed by atoms with Crippen molar-refractivity contribution in [3.8, 4) is 5.75 Å². The van der Waals surface area contributed by atoms with Gasteiger partial charge in [0.25, 0.3) is 5.91 Å². The lowest BCUT2D eigenvalue weighted by Gasteiger charge is -2.23. The third kappa shape index (κ3) is 4.11. The van der Waals surface area contributed by atoms with Crippen LogP contribution in [0.1, 0.15) is 10.6 Å². The lowest BCUT2D eigenvalue weighted by atomic mass is 10.2. The van der Waals surface area contributed by atoms with E-state index in [4.69, 9.17) is 4.74 Å². The second-order valence-corrected chi connectivity index (χ2v) is 8.45. The summed E-state index contributed by atoms with van der Waals surface area (Å²) in [6, 6.07) is 9.07. The molecule has 0 bridgehead atoms. The fourth-order valence-electron chi connectivity index (χ4n) is 2.33. The molecule has 3 rings (SSSR count). The molecule has 2 aromatic rings. The zero-order valence-electron chi connectivity index (χ0n) is 13.1. The lowest BCUT2D eigenvalue weighted by Crippen LogP contribution is -2.34. The molecule has 1 aliphatic rings. The number of aromatic nitrogens is 1. The standard InChI is InChI=1S/C15H17N3O4S2/c1-24(20,21)18-8-7-12-13(9-18)23-15(16-12)17-14(19)10-22-11-5-3-2-4-6-11/h2-6H,7-10H2,1H3,(H,16,17,19). The fraction of sp³-hybridized carbons (Fsp3) is 0.333. The van der Waals surface area contributed by atoms with Gasteiger partial charge in [0.15, 0.2) is 11.7 Å². The number of sulfonamides is 1. The normalized spacial score (nSPS) is 14.9. The molecular weight excluding hydrogens is 350 g/mol. The predicted octanol–water partition coefficient (Wildman–Crippen LogP) is 1.48. The van der Waals surface area contributed by atoms with Crippen LogP contribution < -0.4 is 10.1 Å². The van der Waals surface area contributed by atoms with E-state index < -0.39 is 10.0 Å². The van der Waals surface area contributed by atoms with Crippen molar-refractivity contribution in [2.24, 2.45) is 0 Å². The van der Waals surface area contributed by atoms with E-state index in [0.29, 0.717) is 30.4 Å². The van der Waals surface area contributed by atoms with E-state index in [0.717, 1.165) is 10.6 Å². The van der Waals surface area contributed by atoms with Crippen molar-refractivity contribution in [1.82, 2.24) is 9.29 Å². The summed E-state index contributed by atoms with van der Waals surface area (Å²) in [4.78, 5) is 17.2. The molecule has 128 valence electrons. The number of hydrogen-bond donors (Lipinski definition) is 1. The molecule has 0 unspecified atom stereocenters. The highest BCUT2D eigenvalue weighted by Gasteiger charge is 2.26. The number of nitrogens with one attached hydrogen (secondary N) is 1. The molecule has 0 saturated carbocycles. The van der Waals surface area contributed by atoms with Crippen molar-refractivity contribution in [1.29, 1.82) is 0 Å². The molecule has 24 heavy (non-hydrogen) atoms. The molecule has 0 atom stereocenters. The third-order valence-electron chi connectivity index (χ3n) is 3.52. The van der Waals surface area contributed by atoms with E-state index in [1.54, 1.807) is 12.1 Å². The molecule has 1 aromatic carbocycles. The Morgan fingerprint density at radius 1 is 1.38 bits per heavy atom. The first kappa shape index (κ1) is 16.9. The predicted molar refractivity (Wildman–Crippen MR) is 91.6 cm³/mol. The van der Waals surface area contributed by atoms with Crippen molar-refractivity contribution in [3.05, 3.63) is 40.9 Å². The van der Waals surface area contributed by atoms with Gasteiger partial charge in [0.05, 0.1) is 11.9 Å². The first-order valence-corrected chi connectivity index (χ1v) is 10.00. The Morgan fingerprint density at radius 2 is 2.12 bits per heavy atom. The number of nitrogens with zero attached hydrogens (tertiary/aromatic N) is 2. The van der Waals surface area contributed by atoms with Crippen molar-refractivity contribution < 1.29 is 17.9 Å². The molecule has 2 heterocycles. The number of hydrogen-bond acceptors (Lipinski definition) is 6. The van der Waals surface area contributed by atoms with Crippen LogP contribution in [0.3, 0.4) is 0 Å². The zero-order chi connectivity index (χ0) is 17.2. The second-order valence-electron chi connectivity index (χ2n) is 5.39. The van der Waals surface area contributed by atoms with E-state index in [1.807, 2.05) is 18.2 Å². The van der Waals surface area contributed by atoms with Crippen LogP contribution in [0.15, 0.2) is 30.3 Å². The summed E-state index contributed by atoms with van der Waals surface area (Å²) in [6.07, 6.45) is 1.75. The van der Waals surface area contributed by atoms with E-state index in [-0.39, 0.29) is 12.5 Å². The monoisotopic (exact) mass is 367 g/mol. The smallest absolute Gasteiger partial charge is 0.264 e. The summed E-state index contributed by atoms with van der Waals surface area (Å²) in [7, 11) is -3.22. The average molecular weight is 367 g/mol. The van der Waals surface area contributed by atoms with Gasteiger partial charge in [-0.1, -0.05) is 18.2 Å². The molecule has 7 nitrogen and oxygen atoms in total. The van der Waals surface area contributed by atoms with Gasteiger partial charge < -0.3 is 4.74 Å². The zero-order valence-corrected chi connectivity index (χ0v) is 14.7. The van der Waals surface area contributed by atoms with Crippen LogP contribution in [-0.4, -0.2) is 43.0 Å². The minimum atomic E-state index is -3.22. The van der Waals surface area contributed by atoms with E-state index in [1.165, 1.54) is 21.9 Å². The maximum absolute atomic E-state index is 11.9. The molecule has 1 amide bonds. The molecular formula is C15H17N3O4S2. The first-order chi connectivity index (χ1) is 11.4. The Balaban J connectivity index is 1.59. The summed E-state index contributed by atoms with van der Waals surface area (Å²) in [5.74, 6) is 0.319. The van der Waals surface area contributed by atoms with Crippen LogP contribution in [0.25, 0.3) is 0 Å². The number of anilines is 1. The van der Waals surface area contributed by atoms with Crippen LogP contribution >= 0.6 is 11.3 Å².